The standard InChI is InChI=1S/C22H21NO4/c1-4-26-22(25)20(24)17-11-14(2)21(15(3)12-17)27-13-18-10-9-16-7-5-6-8-19(16)23-18/h5-12H,4,13H2,1-3H3. The van der Waals surface area contributed by atoms with Gasteiger partial charge in [0, 0.05) is 10.9 Å². The predicted molar refractivity (Wildman–Crippen MR) is 103 cm³/mol. The molecule has 0 aliphatic carbocycles. The number of aromatic nitrogens is 1. The second-order valence-electron chi connectivity index (χ2n) is 6.27. The first kappa shape index (κ1) is 18.6. The summed E-state index contributed by atoms with van der Waals surface area (Å²) in [6, 6.07) is 15.2. The van der Waals surface area contributed by atoms with Crippen molar-refractivity contribution in [2.75, 3.05) is 6.61 Å². The predicted octanol–water partition coefficient (Wildman–Crippen LogP) is 4.18. The van der Waals surface area contributed by atoms with E-state index in [1.807, 2.05) is 50.2 Å². The number of ketones is 1. The van der Waals surface area contributed by atoms with Gasteiger partial charge in [0.1, 0.15) is 12.4 Å². The van der Waals surface area contributed by atoms with Crippen LogP contribution in [-0.4, -0.2) is 23.3 Å². The Bertz CT molecular complexity index is 987. The van der Waals surface area contributed by atoms with Crippen molar-refractivity contribution in [1.82, 2.24) is 4.98 Å². The Hall–Kier alpha value is -3.21. The summed E-state index contributed by atoms with van der Waals surface area (Å²) in [6.07, 6.45) is 0. The first-order valence-electron chi connectivity index (χ1n) is 8.79. The second-order valence-corrected chi connectivity index (χ2v) is 6.27. The largest absolute Gasteiger partial charge is 0.487 e. The van der Waals surface area contributed by atoms with E-state index >= 15 is 0 Å². The van der Waals surface area contributed by atoms with Crippen LogP contribution in [0.25, 0.3) is 10.9 Å². The first-order chi connectivity index (χ1) is 13.0. The number of carbonyl (C=O) groups is 2. The molecule has 0 aliphatic heterocycles. The highest BCUT2D eigenvalue weighted by molar-refractivity contribution is 6.40. The van der Waals surface area contributed by atoms with Gasteiger partial charge in [-0.2, -0.15) is 0 Å². The van der Waals surface area contributed by atoms with Crippen LogP contribution >= 0.6 is 0 Å². The van der Waals surface area contributed by atoms with E-state index in [0.717, 1.165) is 27.7 Å². The van der Waals surface area contributed by atoms with Crippen LogP contribution < -0.4 is 4.74 Å². The van der Waals surface area contributed by atoms with Gasteiger partial charge >= 0.3 is 5.97 Å². The number of benzene rings is 2. The maximum atomic E-state index is 12.1. The molecule has 5 nitrogen and oxygen atoms in total. The molecular formula is C22H21NO4. The van der Waals surface area contributed by atoms with Gasteiger partial charge in [-0.25, -0.2) is 9.78 Å². The number of aryl methyl sites for hydroxylation is 2. The monoisotopic (exact) mass is 363 g/mol. The van der Waals surface area contributed by atoms with E-state index in [1.54, 1.807) is 19.1 Å². The fraction of sp³-hybridized carbons (Fsp3) is 0.227. The minimum atomic E-state index is -0.842. The molecule has 1 aromatic heterocycles. The highest BCUT2D eigenvalue weighted by atomic mass is 16.5. The van der Waals surface area contributed by atoms with Crippen LogP contribution in [-0.2, 0) is 16.1 Å². The Morgan fingerprint density at radius 2 is 1.70 bits per heavy atom. The van der Waals surface area contributed by atoms with Crippen molar-refractivity contribution >= 4 is 22.7 Å². The molecule has 0 radical (unpaired) electrons. The summed E-state index contributed by atoms with van der Waals surface area (Å²) in [5.41, 5.74) is 3.60. The van der Waals surface area contributed by atoms with E-state index in [1.165, 1.54) is 0 Å². The zero-order valence-corrected chi connectivity index (χ0v) is 15.6. The van der Waals surface area contributed by atoms with Gasteiger partial charge in [0.15, 0.2) is 0 Å². The summed E-state index contributed by atoms with van der Waals surface area (Å²) in [7, 11) is 0. The molecule has 0 aliphatic rings. The van der Waals surface area contributed by atoms with Crippen LogP contribution in [0.2, 0.25) is 0 Å². The van der Waals surface area contributed by atoms with E-state index in [2.05, 4.69) is 4.98 Å². The SMILES string of the molecule is CCOC(=O)C(=O)c1cc(C)c(OCc2ccc3ccccc3n2)c(C)c1. The lowest BCUT2D eigenvalue weighted by Gasteiger charge is -2.13. The number of hydrogen-bond donors (Lipinski definition) is 0. The third-order valence-electron chi connectivity index (χ3n) is 4.20. The Morgan fingerprint density at radius 1 is 1.00 bits per heavy atom. The van der Waals surface area contributed by atoms with Gasteiger partial charge in [-0.1, -0.05) is 24.3 Å². The van der Waals surface area contributed by atoms with E-state index < -0.39 is 11.8 Å². The number of carbonyl (C=O) groups excluding carboxylic acids is 2. The van der Waals surface area contributed by atoms with Crippen molar-refractivity contribution in [2.45, 2.75) is 27.4 Å². The summed E-state index contributed by atoms with van der Waals surface area (Å²) in [4.78, 5) is 28.4. The number of ether oxygens (including phenoxy) is 2. The molecule has 5 heteroatoms. The van der Waals surface area contributed by atoms with Crippen LogP contribution in [0.15, 0.2) is 48.5 Å². The molecule has 0 saturated heterocycles. The zero-order valence-electron chi connectivity index (χ0n) is 15.6. The number of nitrogens with zero attached hydrogens (tertiary/aromatic N) is 1. The average Bonchev–Trinajstić information content (AvgIpc) is 2.66. The summed E-state index contributed by atoms with van der Waals surface area (Å²) in [5.74, 6) is -0.804. The average molecular weight is 363 g/mol. The molecule has 0 saturated carbocycles. The normalized spacial score (nSPS) is 10.6. The van der Waals surface area contributed by atoms with Gasteiger partial charge in [0.2, 0.25) is 0 Å². The molecule has 3 aromatic rings. The van der Waals surface area contributed by atoms with Crippen molar-refractivity contribution in [1.29, 1.82) is 0 Å². The van der Waals surface area contributed by atoms with Crippen LogP contribution in [0, 0.1) is 13.8 Å². The molecular weight excluding hydrogens is 342 g/mol. The molecule has 138 valence electrons. The number of hydrogen-bond acceptors (Lipinski definition) is 5. The fourth-order valence-electron chi connectivity index (χ4n) is 2.96. The van der Waals surface area contributed by atoms with Crippen molar-refractivity contribution in [2.24, 2.45) is 0 Å². The Morgan fingerprint density at radius 3 is 2.41 bits per heavy atom. The topological polar surface area (TPSA) is 65.5 Å². The van der Waals surface area contributed by atoms with Gasteiger partial charge < -0.3 is 9.47 Å². The third kappa shape index (κ3) is 4.14. The van der Waals surface area contributed by atoms with Crippen molar-refractivity contribution in [3.8, 4) is 5.75 Å². The molecule has 0 fully saturated rings. The molecule has 0 amide bonds. The smallest absolute Gasteiger partial charge is 0.379 e. The van der Waals surface area contributed by atoms with Gasteiger partial charge in [0.25, 0.3) is 5.78 Å². The molecule has 0 atom stereocenters. The molecule has 0 unspecified atom stereocenters. The third-order valence-corrected chi connectivity index (χ3v) is 4.20. The fourth-order valence-corrected chi connectivity index (χ4v) is 2.96. The molecule has 0 N–H and O–H groups in total. The number of pyridine rings is 1. The minimum Gasteiger partial charge on any atom is -0.487 e. The maximum absolute atomic E-state index is 12.1. The van der Waals surface area contributed by atoms with Crippen LogP contribution in [0.5, 0.6) is 5.75 Å². The van der Waals surface area contributed by atoms with Crippen LogP contribution in [0.4, 0.5) is 0 Å². The highest BCUT2D eigenvalue weighted by Crippen LogP contribution is 2.26. The number of Topliss-reactive ketones (excluding diaryl/α,β-unsaturated/α-hetero) is 1. The van der Waals surface area contributed by atoms with Gasteiger partial charge in [-0.15, -0.1) is 0 Å². The van der Waals surface area contributed by atoms with Crippen molar-refractivity contribution in [3.63, 3.8) is 0 Å². The summed E-state index contributed by atoms with van der Waals surface area (Å²) in [5, 5.41) is 1.08. The Balaban J connectivity index is 1.78. The van der Waals surface area contributed by atoms with Crippen molar-refractivity contribution in [3.05, 3.63) is 70.9 Å². The molecule has 0 bridgehead atoms. The summed E-state index contributed by atoms with van der Waals surface area (Å²) < 4.78 is 10.7. The lowest BCUT2D eigenvalue weighted by molar-refractivity contribution is -0.137. The highest BCUT2D eigenvalue weighted by Gasteiger charge is 2.19. The molecule has 3 rings (SSSR count). The second kappa shape index (κ2) is 7.99. The lowest BCUT2D eigenvalue weighted by atomic mass is 10.0. The lowest BCUT2D eigenvalue weighted by Crippen LogP contribution is -2.18. The van der Waals surface area contributed by atoms with Crippen LogP contribution in [0.3, 0.4) is 0 Å². The van der Waals surface area contributed by atoms with Gasteiger partial charge in [-0.05, 0) is 56.2 Å². The Labute approximate surface area is 157 Å². The van der Waals surface area contributed by atoms with Gasteiger partial charge in [0.05, 0.1) is 17.8 Å². The molecule has 0 spiro atoms. The molecule has 27 heavy (non-hydrogen) atoms. The zero-order chi connectivity index (χ0) is 19.4. The molecule has 1 heterocycles. The number of rotatable bonds is 6. The van der Waals surface area contributed by atoms with Gasteiger partial charge in [-0.3, -0.25) is 4.79 Å². The van der Waals surface area contributed by atoms with E-state index in [0.29, 0.717) is 17.9 Å². The summed E-state index contributed by atoms with van der Waals surface area (Å²) in [6.45, 7) is 5.84. The number of para-hydroxylation sites is 1. The van der Waals surface area contributed by atoms with Crippen molar-refractivity contribution < 1.29 is 19.1 Å². The maximum Gasteiger partial charge on any atom is 0.379 e. The number of esters is 1. The first-order valence-corrected chi connectivity index (χ1v) is 8.79. The quantitative estimate of drug-likeness (QED) is 0.373. The van der Waals surface area contributed by atoms with Crippen LogP contribution in [0.1, 0.15) is 34.1 Å². The minimum absolute atomic E-state index is 0.169. The van der Waals surface area contributed by atoms with E-state index in [4.69, 9.17) is 9.47 Å². The van der Waals surface area contributed by atoms with E-state index in [9.17, 15) is 9.59 Å². The summed E-state index contributed by atoms with van der Waals surface area (Å²) >= 11 is 0. The Kier molecular flexibility index (Phi) is 5.50. The molecule has 2 aromatic carbocycles. The number of fused-ring (bicyclic) bond motifs is 1. The van der Waals surface area contributed by atoms with E-state index in [-0.39, 0.29) is 6.61 Å².